The molecule has 0 spiro atoms. The first-order chi connectivity index (χ1) is 6.65. The second kappa shape index (κ2) is 3.09. The third-order valence-electron chi connectivity index (χ3n) is 3.29. The summed E-state index contributed by atoms with van der Waals surface area (Å²) in [5.41, 5.74) is 0. The SMILES string of the molecule is CC1CCC2C(=O)N(C#N)C(=O)C2C1. The van der Waals surface area contributed by atoms with Crippen molar-refractivity contribution >= 4 is 11.8 Å². The van der Waals surface area contributed by atoms with E-state index in [1.54, 1.807) is 6.19 Å². The lowest BCUT2D eigenvalue weighted by Crippen LogP contribution is -2.25. The Hall–Kier alpha value is -1.37. The van der Waals surface area contributed by atoms with Gasteiger partial charge in [-0.1, -0.05) is 6.92 Å². The minimum absolute atomic E-state index is 0.210. The minimum atomic E-state index is -0.283. The van der Waals surface area contributed by atoms with Gasteiger partial charge in [0, 0.05) is 0 Å². The molecule has 0 radical (unpaired) electrons. The molecule has 2 fully saturated rings. The van der Waals surface area contributed by atoms with Crippen molar-refractivity contribution in [3.63, 3.8) is 0 Å². The number of imide groups is 1. The minimum Gasteiger partial charge on any atom is -0.273 e. The summed E-state index contributed by atoms with van der Waals surface area (Å²) in [5, 5.41) is 8.65. The predicted molar refractivity (Wildman–Crippen MR) is 47.5 cm³/mol. The van der Waals surface area contributed by atoms with Crippen molar-refractivity contribution in [3.8, 4) is 6.19 Å². The molecule has 0 N–H and O–H groups in total. The number of nitrogens with zero attached hydrogens (tertiary/aromatic N) is 2. The summed E-state index contributed by atoms with van der Waals surface area (Å²) >= 11 is 0. The molecule has 0 bridgehead atoms. The Labute approximate surface area is 82.5 Å². The van der Waals surface area contributed by atoms with Crippen LogP contribution in [-0.2, 0) is 9.59 Å². The highest BCUT2D eigenvalue weighted by Gasteiger charge is 2.49. The Morgan fingerprint density at radius 2 is 1.93 bits per heavy atom. The Bertz CT molecular complexity index is 332. The predicted octanol–water partition coefficient (Wildman–Crippen LogP) is 0.889. The topological polar surface area (TPSA) is 61.2 Å². The summed E-state index contributed by atoms with van der Waals surface area (Å²) in [6.45, 7) is 2.09. The van der Waals surface area contributed by atoms with Gasteiger partial charge in [0.05, 0.1) is 11.8 Å². The molecule has 74 valence electrons. The fourth-order valence-electron chi connectivity index (χ4n) is 2.49. The number of rotatable bonds is 0. The molecule has 3 unspecified atom stereocenters. The van der Waals surface area contributed by atoms with Crippen molar-refractivity contribution < 1.29 is 9.59 Å². The molecule has 0 aromatic carbocycles. The highest BCUT2D eigenvalue weighted by atomic mass is 16.2. The van der Waals surface area contributed by atoms with Crippen LogP contribution in [-0.4, -0.2) is 16.7 Å². The maximum Gasteiger partial charge on any atom is 0.246 e. The average molecular weight is 192 g/mol. The lowest BCUT2D eigenvalue weighted by atomic mass is 9.76. The highest BCUT2D eigenvalue weighted by molar-refractivity contribution is 6.06. The van der Waals surface area contributed by atoms with E-state index in [4.69, 9.17) is 5.26 Å². The van der Waals surface area contributed by atoms with Crippen molar-refractivity contribution in [1.29, 1.82) is 5.26 Å². The first kappa shape index (κ1) is 9.20. The van der Waals surface area contributed by atoms with E-state index >= 15 is 0 Å². The van der Waals surface area contributed by atoms with Crippen LogP contribution in [0.25, 0.3) is 0 Å². The molecule has 14 heavy (non-hydrogen) atoms. The number of carbonyl (C=O) groups excluding carboxylic acids is 2. The molecular formula is C10H12N2O2. The largest absolute Gasteiger partial charge is 0.273 e. The van der Waals surface area contributed by atoms with Crippen LogP contribution in [0.5, 0.6) is 0 Å². The van der Waals surface area contributed by atoms with E-state index in [2.05, 4.69) is 6.92 Å². The normalized spacial score (nSPS) is 36.9. The number of likely N-dealkylation sites (tertiary alicyclic amines) is 1. The zero-order valence-electron chi connectivity index (χ0n) is 8.06. The lowest BCUT2D eigenvalue weighted by molar-refractivity contribution is -0.135. The van der Waals surface area contributed by atoms with Crippen molar-refractivity contribution in [1.82, 2.24) is 4.90 Å². The molecule has 2 aliphatic rings. The molecule has 1 saturated heterocycles. The molecule has 1 aliphatic carbocycles. The average Bonchev–Trinajstić information content (AvgIpc) is 2.39. The lowest BCUT2D eigenvalue weighted by Gasteiger charge is -2.25. The van der Waals surface area contributed by atoms with Crippen LogP contribution >= 0.6 is 0 Å². The smallest absolute Gasteiger partial charge is 0.246 e. The third-order valence-corrected chi connectivity index (χ3v) is 3.29. The van der Waals surface area contributed by atoms with Crippen molar-refractivity contribution in [2.24, 2.45) is 17.8 Å². The van der Waals surface area contributed by atoms with Gasteiger partial charge >= 0.3 is 0 Å². The maximum absolute atomic E-state index is 11.6. The van der Waals surface area contributed by atoms with E-state index in [9.17, 15) is 9.59 Å². The standard InChI is InChI=1S/C10H12N2O2/c1-6-2-3-7-8(4-6)10(14)12(5-11)9(7)13/h6-8H,2-4H2,1H3. The summed E-state index contributed by atoms with van der Waals surface area (Å²) in [6.07, 6.45) is 4.17. The molecular weight excluding hydrogens is 180 g/mol. The third kappa shape index (κ3) is 1.12. The Morgan fingerprint density at radius 1 is 1.29 bits per heavy atom. The van der Waals surface area contributed by atoms with Gasteiger partial charge in [-0.05, 0) is 25.2 Å². The molecule has 0 aromatic heterocycles. The number of nitriles is 1. The maximum atomic E-state index is 11.6. The van der Waals surface area contributed by atoms with E-state index < -0.39 is 0 Å². The number of fused-ring (bicyclic) bond motifs is 1. The summed E-state index contributed by atoms with van der Waals surface area (Å²) in [4.78, 5) is 23.9. The van der Waals surface area contributed by atoms with Crippen LogP contribution in [0.1, 0.15) is 26.2 Å². The van der Waals surface area contributed by atoms with E-state index in [0.29, 0.717) is 5.92 Å². The number of hydrogen-bond donors (Lipinski definition) is 0. The number of amides is 2. The Kier molecular flexibility index (Phi) is 2.03. The van der Waals surface area contributed by atoms with Gasteiger partial charge in [-0.3, -0.25) is 9.59 Å². The highest BCUT2D eigenvalue weighted by Crippen LogP contribution is 2.40. The molecule has 0 aromatic rings. The number of hydrogen-bond acceptors (Lipinski definition) is 3. The zero-order valence-corrected chi connectivity index (χ0v) is 8.06. The van der Waals surface area contributed by atoms with Gasteiger partial charge in [0.25, 0.3) is 0 Å². The van der Waals surface area contributed by atoms with Crippen molar-refractivity contribution in [3.05, 3.63) is 0 Å². The van der Waals surface area contributed by atoms with Crippen LogP contribution in [0.15, 0.2) is 0 Å². The molecule has 2 rings (SSSR count). The molecule has 3 atom stereocenters. The second-order valence-corrected chi connectivity index (χ2v) is 4.24. The van der Waals surface area contributed by atoms with Crippen LogP contribution in [0.2, 0.25) is 0 Å². The summed E-state index contributed by atoms with van der Waals surface area (Å²) in [7, 11) is 0. The van der Waals surface area contributed by atoms with Crippen LogP contribution < -0.4 is 0 Å². The van der Waals surface area contributed by atoms with Gasteiger partial charge in [-0.2, -0.15) is 10.2 Å². The second-order valence-electron chi connectivity index (χ2n) is 4.24. The van der Waals surface area contributed by atoms with Gasteiger partial charge in [0.15, 0.2) is 6.19 Å². The molecule has 4 heteroatoms. The van der Waals surface area contributed by atoms with Crippen LogP contribution in [0, 0.1) is 29.2 Å². The van der Waals surface area contributed by atoms with Crippen molar-refractivity contribution in [2.75, 3.05) is 0 Å². The quantitative estimate of drug-likeness (QED) is 0.423. The first-order valence-electron chi connectivity index (χ1n) is 4.92. The Balaban J connectivity index is 2.26. The molecule has 2 amide bonds. The summed E-state index contributed by atoms with van der Waals surface area (Å²) < 4.78 is 0. The first-order valence-corrected chi connectivity index (χ1v) is 4.92. The molecule has 1 aliphatic heterocycles. The fraction of sp³-hybridized carbons (Fsp3) is 0.700. The van der Waals surface area contributed by atoms with Gasteiger partial charge in [0.2, 0.25) is 11.8 Å². The monoisotopic (exact) mass is 192 g/mol. The van der Waals surface area contributed by atoms with Gasteiger partial charge in [-0.25, -0.2) is 0 Å². The molecule has 4 nitrogen and oxygen atoms in total. The van der Waals surface area contributed by atoms with E-state index in [0.717, 1.165) is 24.2 Å². The Morgan fingerprint density at radius 3 is 2.57 bits per heavy atom. The molecule has 1 saturated carbocycles. The number of carbonyl (C=O) groups is 2. The van der Waals surface area contributed by atoms with Gasteiger partial charge in [-0.15, -0.1) is 0 Å². The molecule has 1 heterocycles. The van der Waals surface area contributed by atoms with E-state index in [1.807, 2.05) is 0 Å². The van der Waals surface area contributed by atoms with Crippen molar-refractivity contribution in [2.45, 2.75) is 26.2 Å². The summed E-state index contributed by atoms with van der Waals surface area (Å²) in [6, 6.07) is 0. The van der Waals surface area contributed by atoms with E-state index in [1.165, 1.54) is 0 Å². The van der Waals surface area contributed by atoms with Crippen LogP contribution in [0.3, 0.4) is 0 Å². The van der Waals surface area contributed by atoms with Gasteiger partial charge < -0.3 is 0 Å². The zero-order chi connectivity index (χ0) is 10.3. The fourth-order valence-corrected chi connectivity index (χ4v) is 2.49. The summed E-state index contributed by atoms with van der Waals surface area (Å²) in [5.74, 6) is -0.501. The van der Waals surface area contributed by atoms with E-state index in [-0.39, 0.29) is 23.7 Å². The van der Waals surface area contributed by atoms with Crippen LogP contribution in [0.4, 0.5) is 0 Å². The van der Waals surface area contributed by atoms with Gasteiger partial charge in [0.1, 0.15) is 0 Å².